The Bertz CT molecular complexity index is 511. The van der Waals surface area contributed by atoms with Gasteiger partial charge in [0.1, 0.15) is 0 Å². The Hall–Kier alpha value is -0.860. The summed E-state index contributed by atoms with van der Waals surface area (Å²) in [7, 11) is 0. The summed E-state index contributed by atoms with van der Waals surface area (Å²) in [5.41, 5.74) is 7.53. The van der Waals surface area contributed by atoms with Gasteiger partial charge in [0.25, 0.3) is 0 Å². The normalized spacial score (nSPS) is 18.5. The van der Waals surface area contributed by atoms with E-state index >= 15 is 0 Å². The van der Waals surface area contributed by atoms with Crippen molar-refractivity contribution < 1.29 is 0 Å². The predicted molar refractivity (Wildman–Crippen MR) is 80.0 cm³/mol. The van der Waals surface area contributed by atoms with Crippen LogP contribution in [0.25, 0.3) is 10.1 Å². The fraction of sp³-hybridized carbons (Fsp3) is 0.500. The summed E-state index contributed by atoms with van der Waals surface area (Å²) in [4.78, 5) is 0. The largest absolute Gasteiger partial charge is 0.330 e. The van der Waals surface area contributed by atoms with Gasteiger partial charge in [-0.1, -0.05) is 43.9 Å². The Morgan fingerprint density at radius 1 is 1.22 bits per heavy atom. The molecule has 0 bridgehead atoms. The lowest BCUT2D eigenvalue weighted by Crippen LogP contribution is -2.23. The second-order valence-corrected chi connectivity index (χ2v) is 6.41. The molecule has 18 heavy (non-hydrogen) atoms. The molecule has 1 saturated carbocycles. The van der Waals surface area contributed by atoms with Crippen molar-refractivity contribution in [3.63, 3.8) is 0 Å². The highest BCUT2D eigenvalue weighted by Crippen LogP contribution is 2.35. The molecule has 1 aliphatic carbocycles. The molecule has 1 unspecified atom stereocenters. The SMILES string of the molecule is NCC(Cc1csc2ccccc12)C1CCCC1. The Kier molecular flexibility index (Phi) is 3.67. The van der Waals surface area contributed by atoms with Crippen LogP contribution in [0.5, 0.6) is 0 Å². The molecule has 3 rings (SSSR count). The number of fused-ring (bicyclic) bond motifs is 1. The van der Waals surface area contributed by atoms with E-state index in [1.807, 2.05) is 11.3 Å². The second-order valence-electron chi connectivity index (χ2n) is 5.50. The maximum absolute atomic E-state index is 6.02. The number of rotatable bonds is 4. The van der Waals surface area contributed by atoms with Crippen LogP contribution in [-0.2, 0) is 6.42 Å². The topological polar surface area (TPSA) is 26.0 Å². The van der Waals surface area contributed by atoms with Crippen LogP contribution in [-0.4, -0.2) is 6.54 Å². The fourth-order valence-electron chi connectivity index (χ4n) is 3.34. The average molecular weight is 259 g/mol. The van der Waals surface area contributed by atoms with Crippen LogP contribution in [0, 0.1) is 11.8 Å². The summed E-state index contributed by atoms with van der Waals surface area (Å²) in [5.74, 6) is 1.55. The summed E-state index contributed by atoms with van der Waals surface area (Å²) in [5, 5.41) is 3.78. The smallest absolute Gasteiger partial charge is 0.0345 e. The lowest BCUT2D eigenvalue weighted by molar-refractivity contribution is 0.345. The molecule has 96 valence electrons. The standard InChI is InChI=1S/C16H21NS/c17-10-13(12-5-1-2-6-12)9-14-11-18-16-8-4-3-7-15(14)16/h3-4,7-8,11-13H,1-2,5-6,9-10,17H2. The molecule has 1 fully saturated rings. The van der Waals surface area contributed by atoms with Gasteiger partial charge in [-0.05, 0) is 47.2 Å². The Morgan fingerprint density at radius 2 is 2.00 bits per heavy atom. The molecule has 1 nitrogen and oxygen atoms in total. The van der Waals surface area contributed by atoms with Crippen LogP contribution in [0.1, 0.15) is 31.2 Å². The van der Waals surface area contributed by atoms with E-state index in [2.05, 4.69) is 29.6 Å². The van der Waals surface area contributed by atoms with Crippen molar-refractivity contribution in [3.8, 4) is 0 Å². The van der Waals surface area contributed by atoms with Gasteiger partial charge in [0.05, 0.1) is 0 Å². The van der Waals surface area contributed by atoms with Gasteiger partial charge in [0.15, 0.2) is 0 Å². The van der Waals surface area contributed by atoms with E-state index in [0.717, 1.165) is 12.5 Å². The average Bonchev–Trinajstić information content (AvgIpc) is 3.06. The quantitative estimate of drug-likeness (QED) is 0.874. The number of thiophene rings is 1. The first kappa shape index (κ1) is 12.2. The van der Waals surface area contributed by atoms with Crippen molar-refractivity contribution in [2.24, 2.45) is 17.6 Å². The molecule has 1 aliphatic rings. The maximum atomic E-state index is 6.02. The molecule has 1 aromatic heterocycles. The van der Waals surface area contributed by atoms with Gasteiger partial charge in [-0.25, -0.2) is 0 Å². The lowest BCUT2D eigenvalue weighted by atomic mass is 9.85. The van der Waals surface area contributed by atoms with E-state index in [9.17, 15) is 0 Å². The van der Waals surface area contributed by atoms with Crippen LogP contribution in [0.15, 0.2) is 29.6 Å². The van der Waals surface area contributed by atoms with Gasteiger partial charge in [-0.15, -0.1) is 11.3 Å². The highest BCUT2D eigenvalue weighted by atomic mass is 32.1. The Balaban J connectivity index is 1.81. The number of nitrogens with two attached hydrogens (primary N) is 1. The van der Waals surface area contributed by atoms with Crippen molar-refractivity contribution in [2.75, 3.05) is 6.54 Å². The van der Waals surface area contributed by atoms with Gasteiger partial charge < -0.3 is 5.73 Å². The molecular weight excluding hydrogens is 238 g/mol. The van der Waals surface area contributed by atoms with Crippen molar-refractivity contribution in [1.82, 2.24) is 0 Å². The minimum atomic E-state index is 0.686. The Morgan fingerprint density at radius 3 is 2.78 bits per heavy atom. The van der Waals surface area contributed by atoms with Crippen LogP contribution in [0.4, 0.5) is 0 Å². The third-order valence-corrected chi connectivity index (χ3v) is 5.42. The molecule has 1 atom stereocenters. The van der Waals surface area contributed by atoms with Crippen molar-refractivity contribution in [2.45, 2.75) is 32.1 Å². The molecule has 1 aromatic carbocycles. The zero-order chi connectivity index (χ0) is 12.4. The third kappa shape index (κ3) is 2.32. The molecule has 0 aliphatic heterocycles. The third-order valence-electron chi connectivity index (χ3n) is 4.41. The molecule has 0 amide bonds. The molecular formula is C16H21NS. The van der Waals surface area contributed by atoms with Gasteiger partial charge >= 0.3 is 0 Å². The molecule has 2 aromatic rings. The Labute approximate surface area is 113 Å². The summed E-state index contributed by atoms with van der Waals surface area (Å²) in [6.07, 6.45) is 6.77. The number of hydrogen-bond donors (Lipinski definition) is 1. The molecule has 2 heteroatoms. The zero-order valence-electron chi connectivity index (χ0n) is 10.8. The predicted octanol–water partition coefficient (Wildman–Crippen LogP) is 4.21. The summed E-state index contributed by atoms with van der Waals surface area (Å²) in [6, 6.07) is 8.74. The van der Waals surface area contributed by atoms with Crippen LogP contribution >= 0.6 is 11.3 Å². The first-order chi connectivity index (χ1) is 8.88. The van der Waals surface area contributed by atoms with E-state index in [1.54, 1.807) is 0 Å². The van der Waals surface area contributed by atoms with Crippen LogP contribution in [0.2, 0.25) is 0 Å². The van der Waals surface area contributed by atoms with Crippen molar-refractivity contribution in [1.29, 1.82) is 0 Å². The van der Waals surface area contributed by atoms with E-state index in [1.165, 1.54) is 47.8 Å². The monoisotopic (exact) mass is 259 g/mol. The first-order valence-electron chi connectivity index (χ1n) is 7.03. The van der Waals surface area contributed by atoms with Gasteiger partial charge in [-0.3, -0.25) is 0 Å². The minimum Gasteiger partial charge on any atom is -0.330 e. The molecule has 0 radical (unpaired) electrons. The summed E-state index contributed by atoms with van der Waals surface area (Å²) < 4.78 is 1.41. The van der Waals surface area contributed by atoms with E-state index < -0.39 is 0 Å². The minimum absolute atomic E-state index is 0.686. The van der Waals surface area contributed by atoms with E-state index in [0.29, 0.717) is 5.92 Å². The van der Waals surface area contributed by atoms with Crippen LogP contribution in [0.3, 0.4) is 0 Å². The highest BCUT2D eigenvalue weighted by molar-refractivity contribution is 7.17. The number of benzene rings is 1. The summed E-state index contributed by atoms with van der Waals surface area (Å²) >= 11 is 1.87. The molecule has 0 saturated heterocycles. The lowest BCUT2D eigenvalue weighted by Gasteiger charge is -2.21. The van der Waals surface area contributed by atoms with E-state index in [4.69, 9.17) is 5.73 Å². The van der Waals surface area contributed by atoms with Gasteiger partial charge in [0, 0.05) is 4.70 Å². The van der Waals surface area contributed by atoms with Gasteiger partial charge in [0.2, 0.25) is 0 Å². The van der Waals surface area contributed by atoms with E-state index in [-0.39, 0.29) is 0 Å². The molecule has 0 spiro atoms. The van der Waals surface area contributed by atoms with Crippen LogP contribution < -0.4 is 5.73 Å². The van der Waals surface area contributed by atoms with Crippen molar-refractivity contribution >= 4 is 21.4 Å². The summed E-state index contributed by atoms with van der Waals surface area (Å²) in [6.45, 7) is 0.842. The maximum Gasteiger partial charge on any atom is 0.0345 e. The molecule has 2 N–H and O–H groups in total. The van der Waals surface area contributed by atoms with Gasteiger partial charge in [-0.2, -0.15) is 0 Å². The second kappa shape index (κ2) is 5.41. The fourth-order valence-corrected chi connectivity index (χ4v) is 4.32. The first-order valence-corrected chi connectivity index (χ1v) is 7.91. The zero-order valence-corrected chi connectivity index (χ0v) is 11.6. The molecule has 1 heterocycles. The van der Waals surface area contributed by atoms with Crippen molar-refractivity contribution in [3.05, 3.63) is 35.2 Å². The highest BCUT2D eigenvalue weighted by Gasteiger charge is 2.24. The number of hydrogen-bond acceptors (Lipinski definition) is 2.